The SMILES string of the molecule is Cc1ncnc2c1CCN(C(=O)c1ccccn1)CC2. The Kier molecular flexibility index (Phi) is 3.41. The number of nitrogens with zero attached hydrogens (tertiary/aromatic N) is 4. The number of aromatic nitrogens is 3. The fourth-order valence-corrected chi connectivity index (χ4v) is 2.54. The van der Waals surface area contributed by atoms with E-state index < -0.39 is 0 Å². The van der Waals surface area contributed by atoms with E-state index in [0.717, 1.165) is 24.2 Å². The first-order chi connectivity index (χ1) is 9.75. The van der Waals surface area contributed by atoms with E-state index in [4.69, 9.17) is 0 Å². The first-order valence-corrected chi connectivity index (χ1v) is 6.75. The lowest BCUT2D eigenvalue weighted by Gasteiger charge is -2.19. The Hall–Kier alpha value is -2.30. The van der Waals surface area contributed by atoms with Crippen molar-refractivity contribution in [3.8, 4) is 0 Å². The molecule has 102 valence electrons. The minimum absolute atomic E-state index is 0.0102. The number of aryl methyl sites for hydroxylation is 1. The van der Waals surface area contributed by atoms with Crippen LogP contribution in [-0.4, -0.2) is 38.8 Å². The highest BCUT2D eigenvalue weighted by molar-refractivity contribution is 5.92. The molecule has 0 bridgehead atoms. The zero-order valence-corrected chi connectivity index (χ0v) is 11.4. The van der Waals surface area contributed by atoms with Gasteiger partial charge < -0.3 is 4.90 Å². The second-order valence-electron chi connectivity index (χ2n) is 4.89. The van der Waals surface area contributed by atoms with Crippen molar-refractivity contribution < 1.29 is 4.79 Å². The molecule has 0 atom stereocenters. The van der Waals surface area contributed by atoms with Crippen LogP contribution in [0.15, 0.2) is 30.7 Å². The molecule has 0 spiro atoms. The fourth-order valence-electron chi connectivity index (χ4n) is 2.54. The van der Waals surface area contributed by atoms with E-state index in [1.54, 1.807) is 18.6 Å². The quantitative estimate of drug-likeness (QED) is 0.785. The number of hydrogen-bond donors (Lipinski definition) is 0. The number of pyridine rings is 1. The van der Waals surface area contributed by atoms with Crippen molar-refractivity contribution >= 4 is 5.91 Å². The largest absolute Gasteiger partial charge is 0.337 e. The van der Waals surface area contributed by atoms with Gasteiger partial charge in [0.25, 0.3) is 5.91 Å². The van der Waals surface area contributed by atoms with E-state index in [1.165, 1.54) is 5.56 Å². The molecule has 1 aliphatic heterocycles. The predicted octanol–water partition coefficient (Wildman–Crippen LogP) is 1.42. The highest BCUT2D eigenvalue weighted by Crippen LogP contribution is 2.16. The lowest BCUT2D eigenvalue weighted by Crippen LogP contribution is -2.33. The van der Waals surface area contributed by atoms with Gasteiger partial charge in [-0.05, 0) is 31.0 Å². The van der Waals surface area contributed by atoms with Crippen LogP contribution < -0.4 is 0 Å². The summed E-state index contributed by atoms with van der Waals surface area (Å²) in [6.07, 6.45) is 4.83. The molecule has 5 heteroatoms. The summed E-state index contributed by atoms with van der Waals surface area (Å²) in [4.78, 5) is 27.0. The average molecular weight is 268 g/mol. The summed E-state index contributed by atoms with van der Waals surface area (Å²) in [5, 5.41) is 0. The fraction of sp³-hybridized carbons (Fsp3) is 0.333. The van der Waals surface area contributed by atoms with Gasteiger partial charge in [-0.3, -0.25) is 9.78 Å². The molecule has 1 amide bonds. The van der Waals surface area contributed by atoms with Crippen molar-refractivity contribution in [2.45, 2.75) is 19.8 Å². The number of amides is 1. The molecule has 0 unspecified atom stereocenters. The van der Waals surface area contributed by atoms with Gasteiger partial charge in [0, 0.05) is 37.1 Å². The smallest absolute Gasteiger partial charge is 0.272 e. The monoisotopic (exact) mass is 268 g/mol. The standard InChI is InChI=1S/C15H16N4O/c1-11-12-5-8-19(9-6-13(12)18-10-17-11)15(20)14-4-2-3-7-16-14/h2-4,7,10H,5-6,8-9H2,1H3. The molecule has 0 saturated heterocycles. The molecule has 0 saturated carbocycles. The minimum Gasteiger partial charge on any atom is -0.337 e. The van der Waals surface area contributed by atoms with Gasteiger partial charge in [0.2, 0.25) is 0 Å². The summed E-state index contributed by atoms with van der Waals surface area (Å²) in [6.45, 7) is 3.37. The molecule has 0 fully saturated rings. The van der Waals surface area contributed by atoms with Gasteiger partial charge >= 0.3 is 0 Å². The molecular formula is C15H16N4O. The number of fused-ring (bicyclic) bond motifs is 1. The summed E-state index contributed by atoms with van der Waals surface area (Å²) >= 11 is 0. The topological polar surface area (TPSA) is 59.0 Å². The van der Waals surface area contributed by atoms with E-state index in [2.05, 4.69) is 15.0 Å². The second-order valence-corrected chi connectivity index (χ2v) is 4.89. The Morgan fingerprint density at radius 3 is 2.80 bits per heavy atom. The molecular weight excluding hydrogens is 252 g/mol. The van der Waals surface area contributed by atoms with Crippen molar-refractivity contribution in [3.05, 3.63) is 53.4 Å². The third-order valence-electron chi connectivity index (χ3n) is 3.67. The molecule has 20 heavy (non-hydrogen) atoms. The number of hydrogen-bond acceptors (Lipinski definition) is 4. The second kappa shape index (κ2) is 5.36. The maximum absolute atomic E-state index is 12.4. The van der Waals surface area contributed by atoms with E-state index in [-0.39, 0.29) is 5.91 Å². The Morgan fingerprint density at radius 1 is 1.15 bits per heavy atom. The normalized spacial score (nSPS) is 14.6. The van der Waals surface area contributed by atoms with Gasteiger partial charge in [-0.25, -0.2) is 9.97 Å². The Labute approximate surface area is 117 Å². The van der Waals surface area contributed by atoms with E-state index >= 15 is 0 Å². The molecule has 2 aromatic rings. The van der Waals surface area contributed by atoms with Crippen LogP contribution in [0.2, 0.25) is 0 Å². The van der Waals surface area contributed by atoms with Gasteiger partial charge in [0.05, 0.1) is 0 Å². The van der Waals surface area contributed by atoms with Gasteiger partial charge in [0.15, 0.2) is 0 Å². The van der Waals surface area contributed by atoms with E-state index in [1.807, 2.05) is 24.0 Å². The van der Waals surface area contributed by atoms with Crippen LogP contribution in [0.3, 0.4) is 0 Å². The molecule has 0 aromatic carbocycles. The Bertz CT molecular complexity index is 627. The van der Waals surface area contributed by atoms with Crippen molar-refractivity contribution in [1.82, 2.24) is 19.9 Å². The first-order valence-electron chi connectivity index (χ1n) is 6.75. The van der Waals surface area contributed by atoms with Gasteiger partial charge in [-0.1, -0.05) is 6.07 Å². The summed E-state index contributed by atoms with van der Waals surface area (Å²) in [6, 6.07) is 5.40. The van der Waals surface area contributed by atoms with Gasteiger partial charge in [-0.15, -0.1) is 0 Å². The Balaban J connectivity index is 1.80. The lowest BCUT2D eigenvalue weighted by atomic mass is 10.1. The molecule has 0 N–H and O–H groups in total. The number of rotatable bonds is 1. The highest BCUT2D eigenvalue weighted by atomic mass is 16.2. The molecule has 0 radical (unpaired) electrons. The average Bonchev–Trinajstić information content (AvgIpc) is 2.71. The van der Waals surface area contributed by atoms with Crippen molar-refractivity contribution in [1.29, 1.82) is 0 Å². The summed E-state index contributed by atoms with van der Waals surface area (Å²) in [5.41, 5.74) is 3.76. The zero-order valence-electron chi connectivity index (χ0n) is 11.4. The lowest BCUT2D eigenvalue weighted by molar-refractivity contribution is 0.0757. The third-order valence-corrected chi connectivity index (χ3v) is 3.67. The van der Waals surface area contributed by atoms with Gasteiger partial charge in [-0.2, -0.15) is 0 Å². The number of carbonyl (C=O) groups is 1. The van der Waals surface area contributed by atoms with Crippen molar-refractivity contribution in [3.63, 3.8) is 0 Å². The van der Waals surface area contributed by atoms with Crippen LogP contribution in [0.1, 0.15) is 27.4 Å². The molecule has 3 rings (SSSR count). The zero-order chi connectivity index (χ0) is 13.9. The van der Waals surface area contributed by atoms with Crippen molar-refractivity contribution in [2.24, 2.45) is 0 Å². The van der Waals surface area contributed by atoms with Crippen LogP contribution in [0, 0.1) is 6.92 Å². The molecule has 3 heterocycles. The van der Waals surface area contributed by atoms with Crippen LogP contribution in [0.5, 0.6) is 0 Å². The maximum atomic E-state index is 12.4. The maximum Gasteiger partial charge on any atom is 0.272 e. The summed E-state index contributed by atoms with van der Waals surface area (Å²) in [7, 11) is 0. The predicted molar refractivity (Wildman–Crippen MR) is 74.3 cm³/mol. The minimum atomic E-state index is -0.0102. The number of carbonyl (C=O) groups excluding carboxylic acids is 1. The summed E-state index contributed by atoms with van der Waals surface area (Å²) < 4.78 is 0. The van der Waals surface area contributed by atoms with Crippen LogP contribution in [0.25, 0.3) is 0 Å². The van der Waals surface area contributed by atoms with Crippen molar-refractivity contribution in [2.75, 3.05) is 13.1 Å². The molecule has 0 aliphatic carbocycles. The molecule has 5 nitrogen and oxygen atoms in total. The Morgan fingerprint density at radius 2 is 2.00 bits per heavy atom. The molecule has 1 aliphatic rings. The highest BCUT2D eigenvalue weighted by Gasteiger charge is 2.21. The molecule has 2 aromatic heterocycles. The van der Waals surface area contributed by atoms with Crippen LogP contribution in [0.4, 0.5) is 0 Å². The first kappa shape index (κ1) is 12.7. The van der Waals surface area contributed by atoms with E-state index in [9.17, 15) is 4.79 Å². The van der Waals surface area contributed by atoms with Gasteiger partial charge in [0.1, 0.15) is 12.0 Å². The van der Waals surface area contributed by atoms with Crippen LogP contribution >= 0.6 is 0 Å². The third kappa shape index (κ3) is 2.39. The summed E-state index contributed by atoms with van der Waals surface area (Å²) in [5.74, 6) is -0.0102. The van der Waals surface area contributed by atoms with Crippen LogP contribution in [-0.2, 0) is 12.8 Å². The van der Waals surface area contributed by atoms with E-state index in [0.29, 0.717) is 18.8 Å².